The monoisotopic (exact) mass is 306 g/mol. The van der Waals surface area contributed by atoms with E-state index in [1.54, 1.807) is 0 Å². The minimum atomic E-state index is -2.85. The molecule has 0 atom stereocenters. The molecule has 0 amide bonds. The van der Waals surface area contributed by atoms with Gasteiger partial charge < -0.3 is 4.57 Å². The van der Waals surface area contributed by atoms with Gasteiger partial charge in [-0.3, -0.25) is 0 Å². The highest BCUT2D eigenvalue weighted by Gasteiger charge is 2.32. The van der Waals surface area contributed by atoms with Crippen LogP contribution in [0.4, 0.5) is 0 Å². The molecular weight excluding hydrogens is 287 g/mol. The summed E-state index contributed by atoms with van der Waals surface area (Å²) >= 11 is 0. The second-order valence-electron chi connectivity index (χ2n) is 5.52. The molecule has 0 heterocycles. The van der Waals surface area contributed by atoms with Crippen molar-refractivity contribution in [2.45, 2.75) is 13.8 Å². The van der Waals surface area contributed by atoms with Crippen molar-refractivity contribution in [2.24, 2.45) is 0 Å². The molecule has 3 aromatic rings. The summed E-state index contributed by atoms with van der Waals surface area (Å²) in [6, 6.07) is 25.7. The molecule has 2 heteroatoms. The molecule has 1 nitrogen and oxygen atoms in total. The minimum Gasteiger partial charge on any atom is -0.309 e. The third-order valence-corrected chi connectivity index (χ3v) is 7.38. The summed E-state index contributed by atoms with van der Waals surface area (Å²) in [5.74, 6) is 0. The fourth-order valence-electron chi connectivity index (χ4n) is 2.99. The molecule has 0 radical (unpaired) electrons. The number of hydrogen-bond donors (Lipinski definition) is 0. The number of rotatable bonds is 3. The van der Waals surface area contributed by atoms with Crippen LogP contribution >= 0.6 is 7.14 Å². The molecule has 0 aromatic heterocycles. The fraction of sp³-hybridized carbons (Fsp3) is 0.100. The predicted molar refractivity (Wildman–Crippen MR) is 95.3 cm³/mol. The van der Waals surface area contributed by atoms with Crippen molar-refractivity contribution in [2.75, 3.05) is 0 Å². The summed E-state index contributed by atoms with van der Waals surface area (Å²) < 4.78 is 14.3. The molecule has 22 heavy (non-hydrogen) atoms. The van der Waals surface area contributed by atoms with Crippen molar-refractivity contribution in [3.8, 4) is 0 Å². The number of benzene rings is 3. The summed E-state index contributed by atoms with van der Waals surface area (Å²) in [6.45, 7) is 4.09. The molecule has 0 unspecified atom stereocenters. The molecule has 0 bridgehead atoms. The molecule has 0 saturated carbocycles. The van der Waals surface area contributed by atoms with Crippen molar-refractivity contribution in [3.05, 3.63) is 90.0 Å². The summed E-state index contributed by atoms with van der Waals surface area (Å²) in [7, 11) is -2.85. The van der Waals surface area contributed by atoms with E-state index < -0.39 is 7.14 Å². The fourth-order valence-corrected chi connectivity index (χ4v) is 6.13. The Labute approximate surface area is 132 Å². The molecule has 0 aliphatic carbocycles. The number of hydrogen-bond acceptors (Lipinski definition) is 1. The van der Waals surface area contributed by atoms with Crippen LogP contribution in [0.2, 0.25) is 0 Å². The maximum Gasteiger partial charge on any atom is 0.171 e. The SMILES string of the molecule is Cc1cccc(C)c1P(=O)(c1ccccc1)c1ccccc1. The molecular formula is C20H19OP. The van der Waals surface area contributed by atoms with Crippen molar-refractivity contribution < 1.29 is 4.57 Å². The Kier molecular flexibility index (Phi) is 4.00. The maximum absolute atomic E-state index is 14.3. The lowest BCUT2D eigenvalue weighted by atomic mass is 10.2. The van der Waals surface area contributed by atoms with Crippen LogP contribution < -0.4 is 15.9 Å². The van der Waals surface area contributed by atoms with Crippen LogP contribution in [0.1, 0.15) is 11.1 Å². The van der Waals surface area contributed by atoms with E-state index >= 15 is 0 Å². The first kappa shape index (κ1) is 14.8. The van der Waals surface area contributed by atoms with E-state index in [1.165, 1.54) is 0 Å². The first-order valence-corrected chi connectivity index (χ1v) is 9.13. The van der Waals surface area contributed by atoms with Gasteiger partial charge in [0.2, 0.25) is 0 Å². The number of aryl methyl sites for hydroxylation is 2. The predicted octanol–water partition coefficient (Wildman–Crippen LogP) is 3.94. The van der Waals surface area contributed by atoms with Crippen LogP contribution in [0.15, 0.2) is 78.9 Å². The van der Waals surface area contributed by atoms with Crippen molar-refractivity contribution >= 4 is 23.1 Å². The molecule has 110 valence electrons. The van der Waals surface area contributed by atoms with Crippen LogP contribution in [0.5, 0.6) is 0 Å². The van der Waals surface area contributed by atoms with E-state index in [0.717, 1.165) is 27.0 Å². The van der Waals surface area contributed by atoms with Crippen LogP contribution in [0.3, 0.4) is 0 Å². The highest BCUT2D eigenvalue weighted by molar-refractivity contribution is 7.85. The standard InChI is InChI=1S/C20H19OP/c1-16-10-9-11-17(2)20(16)22(21,18-12-5-3-6-13-18)19-14-7-4-8-15-19/h3-15H,1-2H3. The maximum atomic E-state index is 14.3. The Morgan fingerprint density at radius 2 is 1.00 bits per heavy atom. The lowest BCUT2D eigenvalue weighted by Gasteiger charge is -2.23. The Morgan fingerprint density at radius 3 is 1.41 bits per heavy atom. The zero-order valence-corrected chi connectivity index (χ0v) is 13.8. The van der Waals surface area contributed by atoms with Crippen molar-refractivity contribution in [3.63, 3.8) is 0 Å². The van der Waals surface area contributed by atoms with E-state index in [1.807, 2.05) is 92.7 Å². The van der Waals surface area contributed by atoms with E-state index in [9.17, 15) is 4.57 Å². The van der Waals surface area contributed by atoms with Crippen molar-refractivity contribution in [1.29, 1.82) is 0 Å². The lowest BCUT2D eigenvalue weighted by Crippen LogP contribution is -2.28. The van der Waals surface area contributed by atoms with Crippen LogP contribution in [0.25, 0.3) is 0 Å². The molecule has 0 spiro atoms. The smallest absolute Gasteiger partial charge is 0.171 e. The average molecular weight is 306 g/mol. The van der Waals surface area contributed by atoms with Gasteiger partial charge >= 0.3 is 0 Å². The van der Waals surface area contributed by atoms with Crippen LogP contribution in [0, 0.1) is 13.8 Å². The molecule has 3 aromatic carbocycles. The van der Waals surface area contributed by atoms with Crippen LogP contribution in [-0.4, -0.2) is 0 Å². The van der Waals surface area contributed by atoms with Gasteiger partial charge in [0.15, 0.2) is 7.14 Å². The van der Waals surface area contributed by atoms with Gasteiger partial charge in [0.1, 0.15) is 0 Å². The van der Waals surface area contributed by atoms with Gasteiger partial charge in [-0.25, -0.2) is 0 Å². The van der Waals surface area contributed by atoms with E-state index in [0.29, 0.717) is 0 Å². The molecule has 0 fully saturated rings. The Balaban J connectivity index is 2.37. The Hall–Kier alpha value is -2.11. The summed E-state index contributed by atoms with van der Waals surface area (Å²) in [4.78, 5) is 0. The first-order valence-electron chi connectivity index (χ1n) is 7.42. The van der Waals surface area contributed by atoms with E-state index in [-0.39, 0.29) is 0 Å². The molecule has 0 N–H and O–H groups in total. The Morgan fingerprint density at radius 1 is 0.591 bits per heavy atom. The van der Waals surface area contributed by atoms with Gasteiger partial charge in [0.25, 0.3) is 0 Å². The summed E-state index contributed by atoms with van der Waals surface area (Å²) in [5.41, 5.74) is 2.16. The third-order valence-electron chi connectivity index (χ3n) is 3.99. The van der Waals surface area contributed by atoms with Gasteiger partial charge in [0.05, 0.1) is 0 Å². The van der Waals surface area contributed by atoms with Gasteiger partial charge in [-0.1, -0.05) is 78.9 Å². The average Bonchev–Trinajstić information content (AvgIpc) is 2.56. The quantitative estimate of drug-likeness (QED) is 0.670. The zero-order chi connectivity index (χ0) is 15.6. The topological polar surface area (TPSA) is 17.1 Å². The third kappa shape index (κ3) is 2.42. The van der Waals surface area contributed by atoms with Gasteiger partial charge in [0, 0.05) is 15.9 Å². The van der Waals surface area contributed by atoms with E-state index in [2.05, 4.69) is 0 Å². The van der Waals surface area contributed by atoms with Crippen LogP contribution in [-0.2, 0) is 4.57 Å². The highest BCUT2D eigenvalue weighted by Crippen LogP contribution is 2.44. The molecule has 0 aliphatic heterocycles. The lowest BCUT2D eigenvalue weighted by molar-refractivity contribution is 0.592. The second-order valence-corrected chi connectivity index (χ2v) is 8.22. The van der Waals surface area contributed by atoms with Crippen molar-refractivity contribution in [1.82, 2.24) is 0 Å². The van der Waals surface area contributed by atoms with Gasteiger partial charge in [-0.2, -0.15) is 0 Å². The Bertz CT molecular complexity index is 759. The summed E-state index contributed by atoms with van der Waals surface area (Å²) in [5, 5.41) is 2.74. The first-order chi connectivity index (χ1) is 10.6. The minimum absolute atomic E-state index is 0.888. The normalized spacial score (nSPS) is 11.4. The largest absolute Gasteiger partial charge is 0.309 e. The van der Waals surface area contributed by atoms with E-state index in [4.69, 9.17) is 0 Å². The zero-order valence-electron chi connectivity index (χ0n) is 12.9. The van der Waals surface area contributed by atoms with Gasteiger partial charge in [-0.05, 0) is 25.0 Å². The second kappa shape index (κ2) is 5.94. The highest BCUT2D eigenvalue weighted by atomic mass is 31.2. The molecule has 0 saturated heterocycles. The summed E-state index contributed by atoms with van der Waals surface area (Å²) in [6.07, 6.45) is 0. The molecule has 0 aliphatic rings. The van der Waals surface area contributed by atoms with Gasteiger partial charge in [-0.15, -0.1) is 0 Å². The molecule has 3 rings (SSSR count).